The molecule has 0 radical (unpaired) electrons. The quantitative estimate of drug-likeness (QED) is 0.884. The van der Waals surface area contributed by atoms with Crippen LogP contribution in [-0.2, 0) is 0 Å². The highest BCUT2D eigenvalue weighted by Gasteiger charge is 2.29. The second-order valence-electron chi connectivity index (χ2n) is 6.09. The van der Waals surface area contributed by atoms with Crippen molar-refractivity contribution in [2.75, 3.05) is 19.8 Å². The summed E-state index contributed by atoms with van der Waals surface area (Å²) in [5.74, 6) is 1.76. The van der Waals surface area contributed by atoms with Gasteiger partial charge in [-0.25, -0.2) is 0 Å². The van der Waals surface area contributed by atoms with Crippen LogP contribution in [0.15, 0.2) is 18.2 Å². The maximum atomic E-state index is 5.81. The number of nitrogens with one attached hydrogen (secondary N) is 1. The highest BCUT2D eigenvalue weighted by atomic mass is 16.5. The fourth-order valence-corrected chi connectivity index (χ4v) is 2.61. The lowest BCUT2D eigenvalue weighted by molar-refractivity contribution is 0.236. The van der Waals surface area contributed by atoms with E-state index in [2.05, 4.69) is 45.1 Å². The summed E-state index contributed by atoms with van der Waals surface area (Å²) in [4.78, 5) is 0. The van der Waals surface area contributed by atoms with Crippen molar-refractivity contribution in [1.82, 2.24) is 5.32 Å². The molecule has 20 heavy (non-hydrogen) atoms. The number of benzene rings is 1. The Bertz CT molecular complexity index is 443. The van der Waals surface area contributed by atoms with Crippen molar-refractivity contribution in [2.45, 2.75) is 46.6 Å². The summed E-state index contributed by atoms with van der Waals surface area (Å²) in [6, 6.07) is 6.69. The molecule has 1 N–H and O–H groups in total. The predicted molar refractivity (Wildman–Crippen MR) is 82.5 cm³/mol. The van der Waals surface area contributed by atoms with Gasteiger partial charge < -0.3 is 14.8 Å². The molecule has 0 fully saturated rings. The molecule has 0 bridgehead atoms. The summed E-state index contributed by atoms with van der Waals surface area (Å²) in [5, 5.41) is 3.62. The summed E-state index contributed by atoms with van der Waals surface area (Å²) in [6.45, 7) is 11.5. The van der Waals surface area contributed by atoms with Crippen molar-refractivity contribution in [3.05, 3.63) is 23.8 Å². The number of hydrogen-bond acceptors (Lipinski definition) is 3. The Labute approximate surface area is 122 Å². The molecule has 1 heterocycles. The Morgan fingerprint density at radius 1 is 1.15 bits per heavy atom. The zero-order valence-corrected chi connectivity index (χ0v) is 13.2. The number of fused-ring (bicyclic) bond motifs is 1. The maximum absolute atomic E-state index is 5.81. The standard InChI is InChI=1S/C17H27NO2/c1-5-17(3,4)16(18-6-2)13-8-9-14-15(12-13)20-11-7-10-19-14/h8-9,12,16,18H,5-7,10-11H2,1-4H3. The molecule has 0 saturated carbocycles. The smallest absolute Gasteiger partial charge is 0.161 e. The minimum atomic E-state index is 0.204. The minimum Gasteiger partial charge on any atom is -0.490 e. The summed E-state index contributed by atoms with van der Waals surface area (Å²) in [7, 11) is 0. The molecule has 3 nitrogen and oxygen atoms in total. The maximum Gasteiger partial charge on any atom is 0.161 e. The first-order chi connectivity index (χ1) is 9.58. The molecule has 3 heteroatoms. The first-order valence-corrected chi connectivity index (χ1v) is 7.71. The van der Waals surface area contributed by atoms with Gasteiger partial charge in [-0.1, -0.05) is 33.8 Å². The average molecular weight is 277 g/mol. The Kier molecular flexibility index (Phi) is 4.92. The van der Waals surface area contributed by atoms with Crippen LogP contribution in [0.2, 0.25) is 0 Å². The van der Waals surface area contributed by atoms with Crippen LogP contribution in [0.1, 0.15) is 52.1 Å². The fraction of sp³-hybridized carbons (Fsp3) is 0.647. The molecule has 1 aliphatic heterocycles. The van der Waals surface area contributed by atoms with Gasteiger partial charge in [-0.3, -0.25) is 0 Å². The predicted octanol–water partition coefficient (Wildman–Crippen LogP) is 3.93. The number of ether oxygens (including phenoxy) is 2. The SMILES string of the molecule is CCNC(c1ccc2c(c1)OCCCO2)C(C)(C)CC. The van der Waals surface area contributed by atoms with E-state index < -0.39 is 0 Å². The second kappa shape index (κ2) is 6.49. The lowest BCUT2D eigenvalue weighted by Gasteiger charge is -2.34. The molecule has 1 aromatic carbocycles. The minimum absolute atomic E-state index is 0.204. The zero-order valence-electron chi connectivity index (χ0n) is 13.2. The van der Waals surface area contributed by atoms with Crippen LogP contribution < -0.4 is 14.8 Å². The van der Waals surface area contributed by atoms with Gasteiger partial charge in [-0.2, -0.15) is 0 Å². The third kappa shape index (κ3) is 3.26. The monoisotopic (exact) mass is 277 g/mol. The van der Waals surface area contributed by atoms with Crippen molar-refractivity contribution in [3.8, 4) is 11.5 Å². The lowest BCUT2D eigenvalue weighted by Crippen LogP contribution is -2.33. The Morgan fingerprint density at radius 2 is 1.85 bits per heavy atom. The van der Waals surface area contributed by atoms with Crippen LogP contribution in [0.5, 0.6) is 11.5 Å². The normalized spacial score (nSPS) is 16.6. The summed E-state index contributed by atoms with van der Waals surface area (Å²) >= 11 is 0. The van der Waals surface area contributed by atoms with Crippen LogP contribution in [0, 0.1) is 5.41 Å². The van der Waals surface area contributed by atoms with Gasteiger partial charge in [0, 0.05) is 12.5 Å². The van der Waals surface area contributed by atoms with Gasteiger partial charge >= 0.3 is 0 Å². The van der Waals surface area contributed by atoms with Crippen molar-refractivity contribution >= 4 is 0 Å². The fourth-order valence-electron chi connectivity index (χ4n) is 2.61. The van der Waals surface area contributed by atoms with Gasteiger partial charge in [-0.15, -0.1) is 0 Å². The number of hydrogen-bond donors (Lipinski definition) is 1. The molecular weight excluding hydrogens is 250 g/mol. The Morgan fingerprint density at radius 3 is 2.50 bits per heavy atom. The van der Waals surface area contributed by atoms with Crippen LogP contribution >= 0.6 is 0 Å². The van der Waals surface area contributed by atoms with Crippen molar-refractivity contribution in [1.29, 1.82) is 0 Å². The van der Waals surface area contributed by atoms with E-state index >= 15 is 0 Å². The van der Waals surface area contributed by atoms with Crippen molar-refractivity contribution in [3.63, 3.8) is 0 Å². The molecule has 1 unspecified atom stereocenters. The average Bonchev–Trinajstić information content (AvgIpc) is 2.69. The van der Waals surface area contributed by atoms with Gasteiger partial charge in [-0.05, 0) is 36.1 Å². The molecule has 2 rings (SSSR count). The van der Waals surface area contributed by atoms with Crippen LogP contribution in [0.25, 0.3) is 0 Å². The van der Waals surface area contributed by atoms with E-state index in [-0.39, 0.29) is 5.41 Å². The molecule has 0 saturated heterocycles. The van der Waals surface area contributed by atoms with Gasteiger partial charge in [0.2, 0.25) is 0 Å². The Hall–Kier alpha value is -1.22. The van der Waals surface area contributed by atoms with Crippen LogP contribution in [0.3, 0.4) is 0 Å². The van der Waals surface area contributed by atoms with E-state index in [4.69, 9.17) is 9.47 Å². The van der Waals surface area contributed by atoms with E-state index in [1.165, 1.54) is 5.56 Å². The van der Waals surface area contributed by atoms with E-state index in [0.29, 0.717) is 6.04 Å². The third-order valence-electron chi connectivity index (χ3n) is 4.21. The lowest BCUT2D eigenvalue weighted by atomic mass is 9.78. The van der Waals surface area contributed by atoms with Crippen molar-refractivity contribution in [2.24, 2.45) is 5.41 Å². The first-order valence-electron chi connectivity index (χ1n) is 7.71. The molecular formula is C17H27NO2. The molecule has 0 amide bonds. The molecule has 1 atom stereocenters. The van der Waals surface area contributed by atoms with E-state index in [9.17, 15) is 0 Å². The summed E-state index contributed by atoms with van der Waals surface area (Å²) < 4.78 is 11.5. The van der Waals surface area contributed by atoms with Crippen LogP contribution in [-0.4, -0.2) is 19.8 Å². The molecule has 1 aliphatic rings. The summed E-state index contributed by atoms with van der Waals surface area (Å²) in [6.07, 6.45) is 2.07. The molecule has 0 spiro atoms. The zero-order chi connectivity index (χ0) is 14.6. The van der Waals surface area contributed by atoms with Gasteiger partial charge in [0.15, 0.2) is 11.5 Å². The first kappa shape index (κ1) is 15.2. The van der Waals surface area contributed by atoms with E-state index in [1.54, 1.807) is 0 Å². The highest BCUT2D eigenvalue weighted by Crippen LogP contribution is 2.40. The molecule has 1 aromatic rings. The van der Waals surface area contributed by atoms with Gasteiger partial charge in [0.25, 0.3) is 0 Å². The topological polar surface area (TPSA) is 30.5 Å². The second-order valence-corrected chi connectivity index (χ2v) is 6.09. The number of rotatable bonds is 5. The molecule has 0 aromatic heterocycles. The van der Waals surface area contributed by atoms with E-state index in [0.717, 1.165) is 44.1 Å². The van der Waals surface area contributed by atoms with Crippen LogP contribution in [0.4, 0.5) is 0 Å². The highest BCUT2D eigenvalue weighted by molar-refractivity contribution is 5.44. The largest absolute Gasteiger partial charge is 0.490 e. The Balaban J connectivity index is 2.32. The van der Waals surface area contributed by atoms with Gasteiger partial charge in [0.1, 0.15) is 0 Å². The van der Waals surface area contributed by atoms with E-state index in [1.807, 2.05) is 6.07 Å². The molecule has 0 aliphatic carbocycles. The van der Waals surface area contributed by atoms with Gasteiger partial charge in [0.05, 0.1) is 13.2 Å². The van der Waals surface area contributed by atoms with Crippen molar-refractivity contribution < 1.29 is 9.47 Å². The summed E-state index contributed by atoms with van der Waals surface area (Å²) in [5.41, 5.74) is 1.48. The third-order valence-corrected chi connectivity index (χ3v) is 4.21. The molecule has 112 valence electrons.